The highest BCUT2D eigenvalue weighted by atomic mass is 15.6. The minimum absolute atomic E-state index is 0.736. The summed E-state index contributed by atoms with van der Waals surface area (Å²) in [6.45, 7) is 0. The Bertz CT molecular complexity index is 5070. The number of aromatic amines is 2. The third kappa shape index (κ3) is 2.40. The van der Waals surface area contributed by atoms with Crippen molar-refractivity contribution in [2.24, 2.45) is 0 Å². The number of hydrogen-bond donors (Lipinski definition) is 2. The summed E-state index contributed by atoms with van der Waals surface area (Å²) in [6.07, 6.45) is 5.90. The Kier molecular flexibility index (Phi) is 3.77. The summed E-state index contributed by atoms with van der Waals surface area (Å²) in [7, 11) is 0. The molecule has 68 heavy (non-hydrogen) atoms. The molecule has 23 rings (SSSR count). The first-order valence-corrected chi connectivity index (χ1v) is 24.0. The Balaban J connectivity index is 0.988. The van der Waals surface area contributed by atoms with Gasteiger partial charge in [-0.05, 0) is 97.1 Å². The van der Waals surface area contributed by atoms with Gasteiger partial charge in [0, 0.05) is 116 Å². The lowest BCUT2D eigenvalue weighted by Crippen LogP contribution is -2.81. The van der Waals surface area contributed by atoms with Gasteiger partial charge >= 0.3 is 11.8 Å². The van der Waals surface area contributed by atoms with Crippen molar-refractivity contribution in [3.05, 3.63) is 156 Å². The van der Waals surface area contributed by atoms with E-state index in [1.165, 1.54) is 177 Å². The van der Waals surface area contributed by atoms with Crippen LogP contribution in [-0.2, 0) is 24.7 Å². The summed E-state index contributed by atoms with van der Waals surface area (Å²) in [6, 6.07) is 48.3. The lowest BCUT2D eigenvalue weighted by atomic mass is 9.92. The Hall–Kier alpha value is -9.02. The molecule has 0 bridgehead atoms. The molecule has 10 aromatic heterocycles. The molecule has 306 valence electrons. The van der Waals surface area contributed by atoms with Crippen molar-refractivity contribution in [3.63, 3.8) is 0 Å². The van der Waals surface area contributed by atoms with Gasteiger partial charge in [0.05, 0.1) is 65.9 Å². The third-order valence-corrected chi connectivity index (χ3v) is 18.7. The van der Waals surface area contributed by atoms with Gasteiger partial charge in [0.1, 0.15) is 0 Å². The fourth-order valence-corrected chi connectivity index (χ4v) is 16.8. The van der Waals surface area contributed by atoms with Crippen molar-refractivity contribution in [1.82, 2.24) is 28.2 Å². The molecule has 10 nitrogen and oxygen atoms in total. The molecule has 0 radical (unpaired) electrons. The number of nitrogens with zero attached hydrogens (tertiary/aromatic N) is 8. The maximum Gasteiger partial charge on any atom is 0.553 e. The quantitative estimate of drug-likeness (QED) is 0.113. The molecule has 5 aromatic carbocycles. The molecule has 2 atom stereocenters. The smallest absolute Gasteiger partial charge is 0.361 e. The van der Waals surface area contributed by atoms with E-state index in [0.29, 0.717) is 0 Å². The Morgan fingerprint density at radius 1 is 0.338 bits per heavy atom. The number of benzene rings is 5. The third-order valence-electron chi connectivity index (χ3n) is 18.7. The van der Waals surface area contributed by atoms with Gasteiger partial charge in [-0.3, -0.25) is 0 Å². The highest BCUT2D eigenvalue weighted by molar-refractivity contribution is 6.22. The largest absolute Gasteiger partial charge is 0.553 e. The molecule has 2 N–H and O–H groups in total. The van der Waals surface area contributed by atoms with E-state index in [0.717, 1.165) is 12.8 Å². The van der Waals surface area contributed by atoms with Crippen LogP contribution in [-0.4, -0.2) is 28.2 Å². The van der Waals surface area contributed by atoms with Gasteiger partial charge in [-0.2, -0.15) is 0 Å². The highest BCUT2D eigenvalue weighted by Crippen LogP contribution is 2.59. The highest BCUT2D eigenvalue weighted by Gasteiger charge is 2.74. The average molecular weight is 865 g/mol. The minimum atomic E-state index is -0.736. The molecule has 2 spiro atoms. The number of H-pyrrole nitrogens is 2. The van der Waals surface area contributed by atoms with Crippen LogP contribution in [0.1, 0.15) is 22.8 Å². The summed E-state index contributed by atoms with van der Waals surface area (Å²) in [5.41, 5.74) is 28.7. The van der Waals surface area contributed by atoms with Crippen molar-refractivity contribution in [2.45, 2.75) is 24.7 Å². The van der Waals surface area contributed by atoms with Crippen LogP contribution in [0.15, 0.2) is 134 Å². The van der Waals surface area contributed by atoms with E-state index >= 15 is 0 Å². The van der Waals surface area contributed by atoms with Crippen LogP contribution in [0.5, 0.6) is 0 Å². The standard InChI is InChI=1S/C58H26N10/c1-3-27-7-11-43-47-37-24-34-22-32-18-30-20-40-36(14-16-60-40)46-42-10-6-26-2-4-28-8-12-44-48(56(37)64(34)58(62(32)50(30)46)66(42)52(26)54(28)68(44)58)38-23-33-21-31-17-29-19-39-35(13-15-59-39)45-41-9-5-25(1)51-53(27)67(43)57(65(41)51,61(31)49(29)45)63(33)55(38)47/h1-20,23-24H,21-22H2/q+2/p+2. The fraction of sp³-hybridized carbons (Fsp3) is 0.0690. The second-order valence-electron chi connectivity index (χ2n) is 21.1. The number of hydrogen-bond acceptors (Lipinski definition) is 0. The van der Waals surface area contributed by atoms with Gasteiger partial charge in [0.25, 0.3) is 22.1 Å². The van der Waals surface area contributed by atoms with Crippen molar-refractivity contribution in [3.8, 4) is 45.0 Å². The van der Waals surface area contributed by atoms with Crippen LogP contribution >= 0.6 is 0 Å². The summed E-state index contributed by atoms with van der Waals surface area (Å²) in [5, 5.41) is 12.9. The molecule has 0 saturated heterocycles. The zero-order valence-corrected chi connectivity index (χ0v) is 35.7. The van der Waals surface area contributed by atoms with Crippen molar-refractivity contribution in [1.29, 1.82) is 0 Å². The lowest BCUT2D eigenvalue weighted by Gasteiger charge is -2.37. The first kappa shape index (κ1) is 30.2. The van der Waals surface area contributed by atoms with E-state index in [-0.39, 0.29) is 0 Å². The molecule has 8 aliphatic rings. The van der Waals surface area contributed by atoms with Crippen LogP contribution in [0.25, 0.3) is 154 Å². The van der Waals surface area contributed by atoms with E-state index in [2.05, 4.69) is 180 Å². The predicted octanol–water partition coefficient (Wildman–Crippen LogP) is 9.01. The van der Waals surface area contributed by atoms with Gasteiger partial charge in [0.15, 0.2) is 0 Å². The topological polar surface area (TPSA) is 66.8 Å². The Morgan fingerprint density at radius 2 is 0.676 bits per heavy atom. The monoisotopic (exact) mass is 864 g/mol. The first-order valence-electron chi connectivity index (χ1n) is 24.0. The molecule has 0 amide bonds. The van der Waals surface area contributed by atoms with Crippen molar-refractivity contribution in [2.75, 3.05) is 0 Å². The number of fused-ring (bicyclic) bond motifs is 10. The van der Waals surface area contributed by atoms with E-state index in [9.17, 15) is 0 Å². The zero-order chi connectivity index (χ0) is 42.5. The molecular formula is C58H28N10+4. The maximum absolute atomic E-state index is 3.61. The second kappa shape index (κ2) is 8.48. The van der Waals surface area contributed by atoms with Gasteiger partial charge in [-0.1, -0.05) is 18.3 Å². The summed E-state index contributed by atoms with van der Waals surface area (Å²) in [5.74, 6) is -1.47. The number of rotatable bonds is 0. The van der Waals surface area contributed by atoms with E-state index in [4.69, 9.17) is 0 Å². The molecule has 2 unspecified atom stereocenters. The molecule has 0 saturated carbocycles. The average Bonchev–Trinajstić information content (AvgIpc) is 4.25. The summed E-state index contributed by atoms with van der Waals surface area (Å²) in [4.78, 5) is 7.21. The van der Waals surface area contributed by atoms with Crippen LogP contribution in [0, 0.1) is 0 Å². The van der Waals surface area contributed by atoms with Gasteiger partial charge in [0.2, 0.25) is 22.8 Å². The SMILES string of the molecule is c1cc2c3c4c(cc5n4C46n7c(cc8c9c%10c(cc%11n%10C%10%12n%13c(cc%14cc%15[nH]ccc%15c(c%14%13)-c%13ccc%14ccc%15ccc-9[n+]%10c%15c%14[n+]%13%12)C%11)c(c87)-c7ccc8ccc9ccc-3[n+]4c9c8[n+]76)C5)cc2[nH]1. The van der Waals surface area contributed by atoms with Crippen molar-refractivity contribution < 1.29 is 18.3 Å². The van der Waals surface area contributed by atoms with Crippen LogP contribution in [0.3, 0.4) is 0 Å². The normalized spacial score (nSPS) is 19.8. The van der Waals surface area contributed by atoms with Crippen LogP contribution in [0.4, 0.5) is 0 Å². The molecule has 0 fully saturated rings. The number of aromatic nitrogens is 10. The predicted molar refractivity (Wildman–Crippen MR) is 259 cm³/mol. The molecule has 0 aliphatic carbocycles. The van der Waals surface area contributed by atoms with Crippen LogP contribution < -0.4 is 18.3 Å². The lowest BCUT2D eigenvalue weighted by molar-refractivity contribution is -0.965. The van der Waals surface area contributed by atoms with Gasteiger partial charge < -0.3 is 9.97 Å². The maximum atomic E-state index is 3.61. The van der Waals surface area contributed by atoms with E-state index < -0.39 is 11.8 Å². The van der Waals surface area contributed by atoms with Gasteiger partial charge in [-0.15, -0.1) is 0 Å². The second-order valence-corrected chi connectivity index (χ2v) is 21.1. The summed E-state index contributed by atoms with van der Waals surface area (Å²) < 4.78 is 22.2. The molecule has 8 aliphatic heterocycles. The summed E-state index contributed by atoms with van der Waals surface area (Å²) >= 11 is 0. The Morgan fingerprint density at radius 3 is 1.07 bits per heavy atom. The fourth-order valence-electron chi connectivity index (χ4n) is 16.8. The van der Waals surface area contributed by atoms with E-state index in [1.54, 1.807) is 0 Å². The number of nitrogens with one attached hydrogen (secondary N) is 2. The Labute approximate surface area is 380 Å². The van der Waals surface area contributed by atoms with Crippen molar-refractivity contribution >= 4 is 109 Å². The minimum Gasteiger partial charge on any atom is -0.361 e. The van der Waals surface area contributed by atoms with Crippen LogP contribution in [0.2, 0.25) is 0 Å². The molecular weight excluding hydrogens is 837 g/mol. The molecule has 10 heteroatoms. The molecule has 18 heterocycles. The zero-order valence-electron chi connectivity index (χ0n) is 35.7. The number of pyridine rings is 4. The molecule has 15 aromatic rings. The first-order chi connectivity index (χ1) is 33.7. The van der Waals surface area contributed by atoms with E-state index in [1.807, 2.05) is 0 Å². The van der Waals surface area contributed by atoms with Gasteiger partial charge in [-0.25, -0.2) is 18.3 Å².